The van der Waals surface area contributed by atoms with Gasteiger partial charge in [-0.25, -0.2) is 19.3 Å². The quantitative estimate of drug-likeness (QED) is 0.691. The molecule has 0 bridgehead atoms. The normalized spacial score (nSPS) is 18.4. The highest BCUT2D eigenvalue weighted by molar-refractivity contribution is 5.98. The number of aromatic nitrogens is 3. The zero-order chi connectivity index (χ0) is 20.2. The Hall–Kier alpha value is -3.55. The van der Waals surface area contributed by atoms with Gasteiger partial charge in [0.1, 0.15) is 29.2 Å². The molecule has 2 atom stereocenters. The number of nitrogens with two attached hydrogens (primary N) is 1. The van der Waals surface area contributed by atoms with Gasteiger partial charge in [0.25, 0.3) is 5.91 Å². The first-order chi connectivity index (χ1) is 14.1. The number of ether oxygens (including phenoxy) is 1. The molecule has 1 amide bonds. The van der Waals surface area contributed by atoms with Crippen molar-refractivity contribution in [1.29, 1.82) is 0 Å². The third-order valence-corrected chi connectivity index (χ3v) is 4.81. The van der Waals surface area contributed by atoms with Crippen molar-refractivity contribution in [3.8, 4) is 17.1 Å². The molecule has 0 aliphatic heterocycles. The van der Waals surface area contributed by atoms with Gasteiger partial charge in [-0.3, -0.25) is 4.79 Å². The van der Waals surface area contributed by atoms with Crippen LogP contribution in [0.5, 0.6) is 5.75 Å². The first-order valence-electron chi connectivity index (χ1n) is 9.37. The maximum Gasteiger partial charge on any atom is 0.271 e. The second-order valence-corrected chi connectivity index (χ2v) is 6.83. The van der Waals surface area contributed by atoms with Crippen LogP contribution in [0.4, 0.5) is 10.2 Å². The lowest BCUT2D eigenvalue weighted by molar-refractivity contribution is 0.0890. The number of pyridine rings is 1. The van der Waals surface area contributed by atoms with Crippen LogP contribution in [-0.2, 0) is 0 Å². The molecule has 8 heteroatoms. The van der Waals surface area contributed by atoms with Crippen LogP contribution in [0.15, 0.2) is 54.9 Å². The average molecular weight is 393 g/mol. The van der Waals surface area contributed by atoms with Crippen LogP contribution in [0, 0.1) is 5.82 Å². The molecule has 1 fully saturated rings. The zero-order valence-corrected chi connectivity index (χ0v) is 15.6. The third-order valence-electron chi connectivity index (χ3n) is 4.81. The number of nitrogens with zero attached hydrogens (tertiary/aromatic N) is 3. The largest absolute Gasteiger partial charge is 0.488 e. The molecule has 0 spiro atoms. The SMILES string of the molecule is Nc1ccc(-c2ncccn2)c(C(=O)NC2CCCC2Oc2ccc(F)cc2)n1. The van der Waals surface area contributed by atoms with Crippen LogP contribution >= 0.6 is 0 Å². The summed E-state index contributed by atoms with van der Waals surface area (Å²) in [4.78, 5) is 25.6. The molecule has 3 aromatic rings. The molecule has 2 aromatic heterocycles. The van der Waals surface area contributed by atoms with E-state index < -0.39 is 0 Å². The Kier molecular flexibility index (Phi) is 5.33. The second-order valence-electron chi connectivity index (χ2n) is 6.83. The molecule has 1 aromatic carbocycles. The summed E-state index contributed by atoms with van der Waals surface area (Å²) in [5, 5.41) is 3.00. The summed E-state index contributed by atoms with van der Waals surface area (Å²) in [5.41, 5.74) is 6.48. The Morgan fingerprint density at radius 2 is 1.86 bits per heavy atom. The highest BCUT2D eigenvalue weighted by Gasteiger charge is 2.31. The molecule has 2 heterocycles. The number of benzene rings is 1. The molecule has 0 saturated heterocycles. The zero-order valence-electron chi connectivity index (χ0n) is 15.6. The van der Waals surface area contributed by atoms with Crippen molar-refractivity contribution in [1.82, 2.24) is 20.3 Å². The van der Waals surface area contributed by atoms with Crippen LogP contribution in [0.1, 0.15) is 29.8 Å². The number of rotatable bonds is 5. The number of hydrogen-bond donors (Lipinski definition) is 2. The van der Waals surface area contributed by atoms with Gasteiger partial charge < -0.3 is 15.8 Å². The summed E-state index contributed by atoms with van der Waals surface area (Å²) < 4.78 is 19.1. The molecule has 148 valence electrons. The number of halogens is 1. The van der Waals surface area contributed by atoms with Crippen LogP contribution in [0.2, 0.25) is 0 Å². The first kappa shape index (κ1) is 18.8. The number of carbonyl (C=O) groups is 1. The fourth-order valence-corrected chi connectivity index (χ4v) is 3.42. The van der Waals surface area contributed by atoms with Crippen molar-refractivity contribution in [3.05, 3.63) is 66.4 Å². The van der Waals surface area contributed by atoms with Gasteiger partial charge in [-0.2, -0.15) is 0 Å². The third kappa shape index (κ3) is 4.31. The number of carbonyl (C=O) groups excluding carboxylic acids is 1. The molecule has 0 radical (unpaired) electrons. The molecule has 2 unspecified atom stereocenters. The predicted molar refractivity (Wildman–Crippen MR) is 106 cm³/mol. The first-order valence-corrected chi connectivity index (χ1v) is 9.37. The fraction of sp³-hybridized carbons (Fsp3) is 0.238. The Balaban J connectivity index is 1.53. The van der Waals surface area contributed by atoms with Gasteiger partial charge >= 0.3 is 0 Å². The van der Waals surface area contributed by atoms with E-state index in [-0.39, 0.29) is 35.4 Å². The van der Waals surface area contributed by atoms with Crippen molar-refractivity contribution in [2.24, 2.45) is 0 Å². The highest BCUT2D eigenvalue weighted by Crippen LogP contribution is 2.26. The van der Waals surface area contributed by atoms with E-state index in [1.54, 1.807) is 42.7 Å². The van der Waals surface area contributed by atoms with E-state index in [0.29, 0.717) is 17.1 Å². The number of hydrogen-bond acceptors (Lipinski definition) is 6. The van der Waals surface area contributed by atoms with Crippen molar-refractivity contribution in [2.75, 3.05) is 5.73 Å². The van der Waals surface area contributed by atoms with Crippen molar-refractivity contribution in [2.45, 2.75) is 31.4 Å². The molecule has 1 aliphatic rings. The lowest BCUT2D eigenvalue weighted by Gasteiger charge is -2.22. The molecule has 7 nitrogen and oxygen atoms in total. The Morgan fingerprint density at radius 3 is 2.62 bits per heavy atom. The van der Waals surface area contributed by atoms with Crippen LogP contribution < -0.4 is 15.8 Å². The highest BCUT2D eigenvalue weighted by atomic mass is 19.1. The number of anilines is 1. The maximum atomic E-state index is 13.1. The van der Waals surface area contributed by atoms with Gasteiger partial charge in [0.05, 0.1) is 11.6 Å². The molecule has 4 rings (SSSR count). The van der Waals surface area contributed by atoms with Crippen LogP contribution in [-0.4, -0.2) is 33.0 Å². The van der Waals surface area contributed by atoms with Crippen molar-refractivity contribution in [3.63, 3.8) is 0 Å². The standard InChI is InChI=1S/C21H20FN5O2/c22-13-5-7-14(8-6-13)29-17-4-1-3-16(17)26-21(28)19-15(9-10-18(23)27-19)20-24-11-2-12-25-20/h2,5-12,16-17H,1,3-4H2,(H2,23,27)(H,26,28). The molecular weight excluding hydrogens is 373 g/mol. The minimum absolute atomic E-state index is 0.170. The Bertz CT molecular complexity index is 998. The number of nitrogen functional groups attached to an aromatic ring is 1. The minimum atomic E-state index is -0.362. The van der Waals surface area contributed by atoms with E-state index >= 15 is 0 Å². The molecular formula is C21H20FN5O2. The van der Waals surface area contributed by atoms with Gasteiger partial charge in [0.15, 0.2) is 5.82 Å². The van der Waals surface area contributed by atoms with Crippen LogP contribution in [0.3, 0.4) is 0 Å². The van der Waals surface area contributed by atoms with E-state index in [4.69, 9.17) is 10.5 Å². The summed E-state index contributed by atoms with van der Waals surface area (Å²) in [6, 6.07) is 10.7. The van der Waals surface area contributed by atoms with E-state index in [2.05, 4.69) is 20.3 Å². The smallest absolute Gasteiger partial charge is 0.271 e. The van der Waals surface area contributed by atoms with E-state index in [1.165, 1.54) is 12.1 Å². The summed E-state index contributed by atoms with van der Waals surface area (Å²) in [7, 11) is 0. The predicted octanol–water partition coefficient (Wildman–Crippen LogP) is 2.99. The van der Waals surface area contributed by atoms with Gasteiger partial charge in [-0.1, -0.05) is 0 Å². The topological polar surface area (TPSA) is 103 Å². The van der Waals surface area contributed by atoms with E-state index in [0.717, 1.165) is 19.3 Å². The van der Waals surface area contributed by atoms with Gasteiger partial charge in [0.2, 0.25) is 0 Å². The molecule has 1 aliphatic carbocycles. The maximum absolute atomic E-state index is 13.1. The molecule has 1 saturated carbocycles. The number of amides is 1. The van der Waals surface area contributed by atoms with Gasteiger partial charge in [0, 0.05) is 12.4 Å². The summed E-state index contributed by atoms with van der Waals surface area (Å²) in [6.07, 6.45) is 5.48. The lowest BCUT2D eigenvalue weighted by atomic mass is 10.1. The fourth-order valence-electron chi connectivity index (χ4n) is 3.42. The average Bonchev–Trinajstić information content (AvgIpc) is 3.16. The van der Waals surface area contributed by atoms with Crippen molar-refractivity contribution < 1.29 is 13.9 Å². The molecule has 29 heavy (non-hydrogen) atoms. The lowest BCUT2D eigenvalue weighted by Crippen LogP contribution is -2.43. The minimum Gasteiger partial charge on any atom is -0.488 e. The second kappa shape index (κ2) is 8.22. The van der Waals surface area contributed by atoms with Crippen molar-refractivity contribution >= 4 is 11.7 Å². The Labute approximate surface area is 167 Å². The number of nitrogens with one attached hydrogen (secondary N) is 1. The summed E-state index contributed by atoms with van der Waals surface area (Å²) in [5.74, 6) is 0.519. The van der Waals surface area contributed by atoms with E-state index in [9.17, 15) is 9.18 Å². The van der Waals surface area contributed by atoms with Crippen LogP contribution in [0.25, 0.3) is 11.4 Å². The monoisotopic (exact) mass is 393 g/mol. The molecule has 3 N–H and O–H groups in total. The summed E-state index contributed by atoms with van der Waals surface area (Å²) in [6.45, 7) is 0. The Morgan fingerprint density at radius 1 is 1.10 bits per heavy atom. The van der Waals surface area contributed by atoms with E-state index in [1.807, 2.05) is 0 Å². The summed E-state index contributed by atoms with van der Waals surface area (Å²) >= 11 is 0. The van der Waals surface area contributed by atoms with Gasteiger partial charge in [-0.15, -0.1) is 0 Å². The van der Waals surface area contributed by atoms with Gasteiger partial charge in [-0.05, 0) is 61.7 Å².